The predicted molar refractivity (Wildman–Crippen MR) is 79.1 cm³/mol. The van der Waals surface area contributed by atoms with E-state index in [-0.39, 0.29) is 0 Å². The fraction of sp³-hybridized carbons (Fsp3) is 0.375. The maximum absolute atomic E-state index is 11.2. The van der Waals surface area contributed by atoms with Crippen LogP contribution >= 0.6 is 0 Å². The van der Waals surface area contributed by atoms with Gasteiger partial charge in [-0.3, -0.25) is 0 Å². The van der Waals surface area contributed by atoms with Crippen LogP contribution in [0.1, 0.15) is 36.5 Å². The molecule has 0 saturated heterocycles. The lowest BCUT2D eigenvalue weighted by molar-refractivity contribution is 0.0699. The summed E-state index contributed by atoms with van der Waals surface area (Å²) < 4.78 is 0. The van der Waals surface area contributed by atoms with Gasteiger partial charge in [-0.2, -0.15) is 0 Å². The highest BCUT2D eigenvalue weighted by atomic mass is 16.4. The van der Waals surface area contributed by atoms with E-state index < -0.39 is 5.97 Å². The zero-order valence-electron chi connectivity index (χ0n) is 11.5. The Morgan fingerprint density at radius 1 is 1.30 bits per heavy atom. The summed E-state index contributed by atoms with van der Waals surface area (Å²) in [6, 6.07) is 9.39. The molecule has 4 nitrogen and oxygen atoms in total. The molecule has 104 valence electrons. The van der Waals surface area contributed by atoms with Crippen molar-refractivity contribution in [3.63, 3.8) is 0 Å². The lowest BCUT2D eigenvalue weighted by atomic mass is 10.1. The molecule has 20 heavy (non-hydrogen) atoms. The number of carbonyl (C=O) groups is 1. The first-order valence-corrected chi connectivity index (χ1v) is 7.05. The molecule has 1 fully saturated rings. The molecule has 0 bridgehead atoms. The summed E-state index contributed by atoms with van der Waals surface area (Å²) in [7, 11) is 0. The van der Waals surface area contributed by atoms with Crippen molar-refractivity contribution in [2.24, 2.45) is 5.92 Å². The normalized spacial score (nSPS) is 22.1. The van der Waals surface area contributed by atoms with Crippen LogP contribution in [0.5, 0.6) is 0 Å². The topological polar surface area (TPSA) is 62.2 Å². The van der Waals surface area contributed by atoms with Gasteiger partial charge in [0.25, 0.3) is 0 Å². The third-order valence-corrected chi connectivity index (χ3v) is 4.16. The van der Waals surface area contributed by atoms with Gasteiger partial charge in [-0.25, -0.2) is 9.78 Å². The highest BCUT2D eigenvalue weighted by molar-refractivity contribution is 6.02. The van der Waals surface area contributed by atoms with E-state index in [4.69, 9.17) is 0 Å². The van der Waals surface area contributed by atoms with Gasteiger partial charge < -0.3 is 10.4 Å². The molecule has 2 atom stereocenters. The zero-order chi connectivity index (χ0) is 14.1. The first-order valence-electron chi connectivity index (χ1n) is 7.05. The number of fused-ring (bicyclic) bond motifs is 1. The summed E-state index contributed by atoms with van der Waals surface area (Å²) in [6.45, 7) is 2.26. The van der Waals surface area contributed by atoms with Crippen LogP contribution in [-0.2, 0) is 0 Å². The first-order chi connectivity index (χ1) is 9.65. The number of benzene rings is 1. The molecule has 1 aliphatic carbocycles. The minimum Gasteiger partial charge on any atom is -0.478 e. The van der Waals surface area contributed by atoms with Crippen LogP contribution in [0.25, 0.3) is 10.9 Å². The zero-order valence-corrected chi connectivity index (χ0v) is 11.5. The lowest BCUT2D eigenvalue weighted by Crippen LogP contribution is -2.22. The van der Waals surface area contributed by atoms with Crippen molar-refractivity contribution in [1.82, 2.24) is 4.98 Å². The number of aromatic carboxylic acids is 1. The number of rotatable bonds is 3. The summed E-state index contributed by atoms with van der Waals surface area (Å²) in [5.74, 6) is 0.583. The highest BCUT2D eigenvalue weighted by Crippen LogP contribution is 2.28. The SMILES string of the molecule is CC1CCCC1Nc1ccc2c(C(=O)O)cccc2n1. The van der Waals surface area contributed by atoms with Crippen LogP contribution in [0.2, 0.25) is 0 Å². The first kappa shape index (κ1) is 12.9. The molecule has 1 aliphatic rings. The molecule has 3 rings (SSSR count). The van der Waals surface area contributed by atoms with Gasteiger partial charge in [-0.1, -0.05) is 19.4 Å². The van der Waals surface area contributed by atoms with Crippen molar-refractivity contribution in [1.29, 1.82) is 0 Å². The van der Waals surface area contributed by atoms with Crippen molar-refractivity contribution < 1.29 is 9.90 Å². The Morgan fingerprint density at radius 2 is 2.15 bits per heavy atom. The molecular weight excluding hydrogens is 252 g/mol. The number of hydrogen-bond acceptors (Lipinski definition) is 3. The summed E-state index contributed by atoms with van der Waals surface area (Å²) in [6.07, 6.45) is 3.69. The summed E-state index contributed by atoms with van der Waals surface area (Å²) in [4.78, 5) is 15.7. The lowest BCUT2D eigenvalue weighted by Gasteiger charge is -2.18. The third kappa shape index (κ3) is 2.33. The Morgan fingerprint density at radius 3 is 2.85 bits per heavy atom. The van der Waals surface area contributed by atoms with Gasteiger partial charge in [0.2, 0.25) is 0 Å². The quantitative estimate of drug-likeness (QED) is 0.895. The van der Waals surface area contributed by atoms with E-state index in [1.54, 1.807) is 12.1 Å². The minimum atomic E-state index is -0.914. The van der Waals surface area contributed by atoms with E-state index in [9.17, 15) is 9.90 Å². The van der Waals surface area contributed by atoms with Gasteiger partial charge >= 0.3 is 5.97 Å². The van der Waals surface area contributed by atoms with Gasteiger partial charge in [0, 0.05) is 11.4 Å². The minimum absolute atomic E-state index is 0.302. The van der Waals surface area contributed by atoms with Crippen molar-refractivity contribution in [3.8, 4) is 0 Å². The fourth-order valence-corrected chi connectivity index (χ4v) is 2.97. The third-order valence-electron chi connectivity index (χ3n) is 4.16. The maximum Gasteiger partial charge on any atom is 0.336 e. The molecule has 0 radical (unpaired) electrons. The molecule has 2 unspecified atom stereocenters. The number of pyridine rings is 1. The van der Waals surface area contributed by atoms with Crippen molar-refractivity contribution in [2.45, 2.75) is 32.2 Å². The second-order valence-electron chi connectivity index (χ2n) is 5.53. The monoisotopic (exact) mass is 270 g/mol. The number of nitrogens with one attached hydrogen (secondary N) is 1. The van der Waals surface area contributed by atoms with E-state index >= 15 is 0 Å². The summed E-state index contributed by atoms with van der Waals surface area (Å²) >= 11 is 0. The fourth-order valence-electron chi connectivity index (χ4n) is 2.97. The van der Waals surface area contributed by atoms with Crippen molar-refractivity contribution >= 4 is 22.7 Å². The number of hydrogen-bond donors (Lipinski definition) is 2. The van der Waals surface area contributed by atoms with Crippen LogP contribution in [0.15, 0.2) is 30.3 Å². The molecule has 1 aromatic carbocycles. The van der Waals surface area contributed by atoms with Crippen LogP contribution < -0.4 is 5.32 Å². The number of nitrogens with zero attached hydrogens (tertiary/aromatic N) is 1. The Bertz CT molecular complexity index is 654. The maximum atomic E-state index is 11.2. The summed E-state index contributed by atoms with van der Waals surface area (Å²) in [5.41, 5.74) is 1.02. The van der Waals surface area contributed by atoms with E-state index in [1.165, 1.54) is 19.3 Å². The molecule has 1 aromatic heterocycles. The van der Waals surface area contributed by atoms with Crippen LogP contribution in [0, 0.1) is 5.92 Å². The number of carboxylic acid groups (broad SMARTS) is 1. The second-order valence-corrected chi connectivity index (χ2v) is 5.53. The van der Waals surface area contributed by atoms with Gasteiger partial charge in [0.1, 0.15) is 5.82 Å². The molecule has 0 aliphatic heterocycles. The highest BCUT2D eigenvalue weighted by Gasteiger charge is 2.23. The average Bonchev–Trinajstić information content (AvgIpc) is 2.83. The second kappa shape index (κ2) is 5.12. The number of anilines is 1. The molecule has 4 heteroatoms. The van der Waals surface area contributed by atoms with Gasteiger partial charge in [0.05, 0.1) is 11.1 Å². The molecule has 2 N–H and O–H groups in total. The van der Waals surface area contributed by atoms with Crippen LogP contribution in [-0.4, -0.2) is 22.1 Å². The van der Waals surface area contributed by atoms with Crippen LogP contribution in [0.4, 0.5) is 5.82 Å². The molecule has 1 saturated carbocycles. The smallest absolute Gasteiger partial charge is 0.336 e. The van der Waals surface area contributed by atoms with Gasteiger partial charge in [-0.05, 0) is 43.0 Å². The average molecular weight is 270 g/mol. The van der Waals surface area contributed by atoms with Crippen molar-refractivity contribution in [2.75, 3.05) is 5.32 Å². The van der Waals surface area contributed by atoms with Gasteiger partial charge in [-0.15, -0.1) is 0 Å². The Kier molecular flexibility index (Phi) is 3.30. The molecule has 1 heterocycles. The molecule has 0 amide bonds. The Balaban J connectivity index is 1.93. The predicted octanol–water partition coefficient (Wildman–Crippen LogP) is 3.53. The molecular formula is C16H18N2O2. The van der Waals surface area contributed by atoms with E-state index in [0.29, 0.717) is 22.9 Å². The summed E-state index contributed by atoms with van der Waals surface area (Å²) in [5, 5.41) is 13.3. The standard InChI is InChI=1S/C16H18N2O2/c1-10-4-2-6-13(10)17-15-9-8-11-12(16(19)20)5-3-7-14(11)18-15/h3,5,7-10,13H,2,4,6H2,1H3,(H,17,18)(H,19,20). The van der Waals surface area contributed by atoms with Crippen LogP contribution in [0.3, 0.4) is 0 Å². The van der Waals surface area contributed by atoms with Crippen molar-refractivity contribution in [3.05, 3.63) is 35.9 Å². The molecule has 0 spiro atoms. The number of aromatic nitrogens is 1. The largest absolute Gasteiger partial charge is 0.478 e. The Labute approximate surface area is 117 Å². The Hall–Kier alpha value is -2.10. The van der Waals surface area contributed by atoms with Gasteiger partial charge in [0.15, 0.2) is 0 Å². The number of carboxylic acids is 1. The van der Waals surface area contributed by atoms with E-state index in [2.05, 4.69) is 17.2 Å². The van der Waals surface area contributed by atoms with E-state index in [1.807, 2.05) is 18.2 Å². The molecule has 2 aromatic rings. The van der Waals surface area contributed by atoms with E-state index in [0.717, 1.165) is 11.3 Å².